The highest BCUT2D eigenvalue weighted by atomic mass is 35.5. The molecule has 2 aromatic carbocycles. The fraction of sp³-hybridized carbons (Fsp3) is 0.0526. The van der Waals surface area contributed by atoms with Crippen molar-refractivity contribution < 1.29 is 17.3 Å². The van der Waals surface area contributed by atoms with Gasteiger partial charge in [-0.15, -0.1) is 11.3 Å². The number of aromatic nitrogens is 2. The van der Waals surface area contributed by atoms with Crippen molar-refractivity contribution in [3.05, 3.63) is 70.8 Å². The van der Waals surface area contributed by atoms with Crippen LogP contribution >= 0.6 is 22.9 Å². The molecule has 2 aromatic heterocycles. The third-order valence-corrected chi connectivity index (χ3v) is 7.26. The molecule has 0 aliphatic heterocycles. The van der Waals surface area contributed by atoms with Crippen LogP contribution in [0.3, 0.4) is 0 Å². The fourth-order valence-corrected chi connectivity index (χ4v) is 5.36. The highest BCUT2D eigenvalue weighted by molar-refractivity contribution is 7.93. The van der Waals surface area contributed by atoms with Gasteiger partial charge in [-0.05, 0) is 47.8 Å². The lowest BCUT2D eigenvalue weighted by Gasteiger charge is -2.19. The molecule has 0 saturated carbocycles. The van der Waals surface area contributed by atoms with Gasteiger partial charge in [0.25, 0.3) is 15.9 Å². The standard InChI is InChI=1S/C19H13ClFN3O3S2/c1-24(15-7-5-14(21)6-8-15)29(25,26)16-9-10-28-17(16)19-22-18(23-27-19)12-3-2-4-13(20)11-12/h2-11H,1H3. The molecule has 6 nitrogen and oxygen atoms in total. The first-order valence-electron chi connectivity index (χ1n) is 8.28. The maximum absolute atomic E-state index is 13.2. The zero-order valence-corrected chi connectivity index (χ0v) is 17.3. The Morgan fingerprint density at radius 3 is 2.62 bits per heavy atom. The number of benzene rings is 2. The molecule has 148 valence electrons. The smallest absolute Gasteiger partial charge is 0.269 e. The number of halogens is 2. The minimum absolute atomic E-state index is 0.0237. The number of sulfonamides is 1. The van der Waals surface area contributed by atoms with Gasteiger partial charge in [0, 0.05) is 17.6 Å². The van der Waals surface area contributed by atoms with E-state index >= 15 is 0 Å². The third kappa shape index (κ3) is 3.76. The van der Waals surface area contributed by atoms with E-state index in [1.54, 1.807) is 29.6 Å². The molecule has 0 atom stereocenters. The molecule has 0 fully saturated rings. The second-order valence-corrected chi connectivity index (χ2v) is 9.29. The minimum Gasteiger partial charge on any atom is -0.333 e. The van der Waals surface area contributed by atoms with E-state index in [1.807, 2.05) is 0 Å². The molecule has 0 radical (unpaired) electrons. The average molecular weight is 450 g/mol. The van der Waals surface area contributed by atoms with E-state index in [1.165, 1.54) is 48.7 Å². The van der Waals surface area contributed by atoms with Crippen LogP contribution in [0.25, 0.3) is 22.2 Å². The molecule has 0 bridgehead atoms. The van der Waals surface area contributed by atoms with Crippen LogP contribution in [0.15, 0.2) is 69.4 Å². The van der Waals surface area contributed by atoms with Crippen LogP contribution in [-0.2, 0) is 10.0 Å². The zero-order chi connectivity index (χ0) is 20.6. The summed E-state index contributed by atoms with van der Waals surface area (Å²) in [4.78, 5) is 4.67. The number of anilines is 1. The second kappa shape index (κ2) is 7.58. The Labute approximate surface area is 175 Å². The van der Waals surface area contributed by atoms with Crippen molar-refractivity contribution in [1.82, 2.24) is 10.1 Å². The Morgan fingerprint density at radius 2 is 1.90 bits per heavy atom. The molecule has 0 amide bonds. The quantitative estimate of drug-likeness (QED) is 0.424. The number of nitrogens with zero attached hydrogens (tertiary/aromatic N) is 3. The topological polar surface area (TPSA) is 76.3 Å². The largest absolute Gasteiger partial charge is 0.333 e. The van der Waals surface area contributed by atoms with Crippen LogP contribution in [-0.4, -0.2) is 25.6 Å². The summed E-state index contributed by atoms with van der Waals surface area (Å²) < 4.78 is 45.8. The van der Waals surface area contributed by atoms with E-state index in [-0.39, 0.29) is 10.8 Å². The van der Waals surface area contributed by atoms with E-state index < -0.39 is 15.8 Å². The third-order valence-electron chi connectivity index (χ3n) is 4.16. The first-order chi connectivity index (χ1) is 13.9. The predicted octanol–water partition coefficient (Wildman–Crippen LogP) is 5.08. The molecule has 4 rings (SSSR count). The summed E-state index contributed by atoms with van der Waals surface area (Å²) >= 11 is 7.16. The monoisotopic (exact) mass is 449 g/mol. The summed E-state index contributed by atoms with van der Waals surface area (Å²) in [6.45, 7) is 0. The van der Waals surface area contributed by atoms with Crippen molar-refractivity contribution >= 4 is 38.6 Å². The molecular weight excluding hydrogens is 437 g/mol. The predicted molar refractivity (Wildman–Crippen MR) is 110 cm³/mol. The molecule has 0 saturated heterocycles. The number of hydrogen-bond acceptors (Lipinski definition) is 6. The number of rotatable bonds is 5. The summed E-state index contributed by atoms with van der Waals surface area (Å²) in [6, 6.07) is 13.6. The Hall–Kier alpha value is -2.75. The van der Waals surface area contributed by atoms with Gasteiger partial charge in [0.1, 0.15) is 15.6 Å². The number of hydrogen-bond donors (Lipinski definition) is 0. The summed E-state index contributed by atoms with van der Waals surface area (Å²) in [5, 5.41) is 6.08. The van der Waals surface area contributed by atoms with E-state index in [2.05, 4.69) is 10.1 Å². The van der Waals surface area contributed by atoms with Gasteiger partial charge >= 0.3 is 0 Å². The van der Waals surface area contributed by atoms with Gasteiger partial charge in [0.15, 0.2) is 0 Å². The van der Waals surface area contributed by atoms with Crippen molar-refractivity contribution in [1.29, 1.82) is 0 Å². The molecule has 0 unspecified atom stereocenters. The molecule has 0 aliphatic rings. The van der Waals surface area contributed by atoms with E-state index in [9.17, 15) is 12.8 Å². The van der Waals surface area contributed by atoms with Gasteiger partial charge in [-0.3, -0.25) is 4.31 Å². The first-order valence-corrected chi connectivity index (χ1v) is 11.0. The molecule has 4 aromatic rings. The van der Waals surface area contributed by atoms with Gasteiger partial charge in [-0.1, -0.05) is 28.9 Å². The van der Waals surface area contributed by atoms with Crippen LogP contribution < -0.4 is 4.31 Å². The SMILES string of the molecule is CN(c1ccc(F)cc1)S(=O)(=O)c1ccsc1-c1nc(-c2cccc(Cl)c2)no1. The highest BCUT2D eigenvalue weighted by Crippen LogP contribution is 2.35. The normalized spacial score (nSPS) is 11.6. The van der Waals surface area contributed by atoms with Crippen molar-refractivity contribution in [3.8, 4) is 22.2 Å². The van der Waals surface area contributed by atoms with Crippen molar-refractivity contribution in [2.24, 2.45) is 0 Å². The lowest BCUT2D eigenvalue weighted by atomic mass is 10.2. The molecular formula is C19H13ClFN3O3S2. The lowest BCUT2D eigenvalue weighted by molar-refractivity contribution is 0.432. The van der Waals surface area contributed by atoms with Gasteiger partial charge in [0.05, 0.1) is 5.69 Å². The van der Waals surface area contributed by atoms with Crippen LogP contribution in [0.4, 0.5) is 10.1 Å². The van der Waals surface area contributed by atoms with Crippen LogP contribution in [0, 0.1) is 5.82 Å². The molecule has 0 N–H and O–H groups in total. The minimum atomic E-state index is -3.93. The summed E-state index contributed by atoms with van der Waals surface area (Å²) in [6.07, 6.45) is 0. The van der Waals surface area contributed by atoms with Crippen molar-refractivity contribution in [2.75, 3.05) is 11.4 Å². The summed E-state index contributed by atoms with van der Waals surface area (Å²) in [5.74, 6) is -0.0673. The fourth-order valence-electron chi connectivity index (χ4n) is 2.65. The van der Waals surface area contributed by atoms with E-state index in [0.717, 1.165) is 4.31 Å². The van der Waals surface area contributed by atoms with Gasteiger partial charge < -0.3 is 4.52 Å². The Kier molecular flexibility index (Phi) is 5.12. The summed E-state index contributed by atoms with van der Waals surface area (Å²) in [7, 11) is -2.53. The lowest BCUT2D eigenvalue weighted by Crippen LogP contribution is -2.26. The second-order valence-electron chi connectivity index (χ2n) is 6.00. The zero-order valence-electron chi connectivity index (χ0n) is 14.9. The Morgan fingerprint density at radius 1 is 1.14 bits per heavy atom. The van der Waals surface area contributed by atoms with Crippen molar-refractivity contribution in [2.45, 2.75) is 4.90 Å². The van der Waals surface area contributed by atoms with Crippen LogP contribution in [0.1, 0.15) is 0 Å². The maximum Gasteiger partial charge on any atom is 0.269 e. The van der Waals surface area contributed by atoms with Crippen LogP contribution in [0.5, 0.6) is 0 Å². The van der Waals surface area contributed by atoms with Crippen LogP contribution in [0.2, 0.25) is 5.02 Å². The molecule has 0 aliphatic carbocycles. The molecule has 29 heavy (non-hydrogen) atoms. The van der Waals surface area contributed by atoms with Gasteiger partial charge in [0.2, 0.25) is 5.82 Å². The average Bonchev–Trinajstić information content (AvgIpc) is 3.37. The van der Waals surface area contributed by atoms with Crippen molar-refractivity contribution in [3.63, 3.8) is 0 Å². The highest BCUT2D eigenvalue weighted by Gasteiger charge is 2.28. The Bertz CT molecular complexity index is 1270. The van der Waals surface area contributed by atoms with Gasteiger partial charge in [-0.2, -0.15) is 4.98 Å². The van der Waals surface area contributed by atoms with E-state index in [0.29, 0.717) is 27.0 Å². The first kappa shape index (κ1) is 19.6. The molecule has 0 spiro atoms. The molecule has 2 heterocycles. The maximum atomic E-state index is 13.2. The Balaban J connectivity index is 1.71. The van der Waals surface area contributed by atoms with Gasteiger partial charge in [-0.25, -0.2) is 12.8 Å². The summed E-state index contributed by atoms with van der Waals surface area (Å²) in [5.41, 5.74) is 0.977. The number of thiophene rings is 1. The van der Waals surface area contributed by atoms with E-state index in [4.69, 9.17) is 16.1 Å². The molecule has 10 heteroatoms.